The van der Waals surface area contributed by atoms with Crippen LogP contribution in [0.3, 0.4) is 0 Å². The second-order valence-electron chi connectivity index (χ2n) is 7.10. The maximum Gasteiger partial charge on any atom is 0.444 e. The highest BCUT2D eigenvalue weighted by Crippen LogP contribution is 2.37. The number of hydroxylamine groups is 2. The summed E-state index contributed by atoms with van der Waals surface area (Å²) in [6.45, 7) is 0.930. The normalized spacial score (nSPS) is 15.0. The van der Waals surface area contributed by atoms with Crippen LogP contribution in [0.4, 0.5) is 11.4 Å². The monoisotopic (exact) mass is 412 g/mol. The number of benzene rings is 2. The SMILES string of the molecule is COc1cccc2c1N(OC(=O)C(=O)ON1CCCc3cccc(OC)c31)CCC2. The molecule has 8 heteroatoms. The van der Waals surface area contributed by atoms with Crippen LogP contribution in [0.1, 0.15) is 24.0 Å². The maximum absolute atomic E-state index is 12.5. The summed E-state index contributed by atoms with van der Waals surface area (Å²) in [7, 11) is 3.11. The van der Waals surface area contributed by atoms with E-state index in [1.807, 2.05) is 24.3 Å². The molecule has 0 saturated heterocycles. The van der Waals surface area contributed by atoms with Crippen molar-refractivity contribution in [3.63, 3.8) is 0 Å². The van der Waals surface area contributed by atoms with Crippen LogP contribution in [0.15, 0.2) is 36.4 Å². The summed E-state index contributed by atoms with van der Waals surface area (Å²) < 4.78 is 10.8. The van der Waals surface area contributed by atoms with Gasteiger partial charge in [0, 0.05) is 0 Å². The van der Waals surface area contributed by atoms with Crippen LogP contribution in [0.5, 0.6) is 11.5 Å². The van der Waals surface area contributed by atoms with Gasteiger partial charge in [-0.25, -0.2) is 19.7 Å². The van der Waals surface area contributed by atoms with Crippen LogP contribution in [0.2, 0.25) is 0 Å². The van der Waals surface area contributed by atoms with Gasteiger partial charge in [0.2, 0.25) is 0 Å². The van der Waals surface area contributed by atoms with E-state index in [9.17, 15) is 9.59 Å². The highest BCUT2D eigenvalue weighted by molar-refractivity contribution is 6.30. The first-order chi connectivity index (χ1) is 14.6. The third-order valence-electron chi connectivity index (χ3n) is 5.27. The molecule has 30 heavy (non-hydrogen) atoms. The van der Waals surface area contributed by atoms with Crippen molar-refractivity contribution in [1.82, 2.24) is 0 Å². The van der Waals surface area contributed by atoms with E-state index in [2.05, 4.69) is 0 Å². The van der Waals surface area contributed by atoms with Crippen LogP contribution < -0.4 is 19.6 Å². The number of carbonyl (C=O) groups excluding carboxylic acids is 2. The zero-order valence-corrected chi connectivity index (χ0v) is 17.1. The Labute approximate surface area is 174 Å². The van der Waals surface area contributed by atoms with E-state index >= 15 is 0 Å². The van der Waals surface area contributed by atoms with E-state index in [1.165, 1.54) is 10.1 Å². The lowest BCUT2D eigenvalue weighted by Crippen LogP contribution is -2.39. The molecule has 0 unspecified atom stereocenters. The lowest BCUT2D eigenvalue weighted by Gasteiger charge is -2.32. The zero-order valence-electron chi connectivity index (χ0n) is 17.1. The van der Waals surface area contributed by atoms with Gasteiger partial charge >= 0.3 is 11.9 Å². The summed E-state index contributed by atoms with van der Waals surface area (Å²) in [4.78, 5) is 35.8. The molecule has 8 nitrogen and oxygen atoms in total. The molecule has 0 spiro atoms. The lowest BCUT2D eigenvalue weighted by atomic mass is 10.0. The van der Waals surface area contributed by atoms with Crippen molar-refractivity contribution in [3.8, 4) is 11.5 Å². The van der Waals surface area contributed by atoms with E-state index in [-0.39, 0.29) is 0 Å². The Balaban J connectivity index is 1.49. The van der Waals surface area contributed by atoms with Gasteiger partial charge in [0.15, 0.2) is 0 Å². The van der Waals surface area contributed by atoms with Crippen molar-refractivity contribution in [3.05, 3.63) is 47.5 Å². The Hall–Kier alpha value is -3.42. The molecule has 2 heterocycles. The molecule has 0 aliphatic carbocycles. The van der Waals surface area contributed by atoms with Crippen molar-refractivity contribution in [1.29, 1.82) is 0 Å². The van der Waals surface area contributed by atoms with E-state index in [1.54, 1.807) is 26.4 Å². The first kappa shape index (κ1) is 19.9. The quantitative estimate of drug-likeness (QED) is 0.710. The van der Waals surface area contributed by atoms with E-state index in [0.717, 1.165) is 36.8 Å². The minimum absolute atomic E-state index is 0.465. The number of ether oxygens (including phenoxy) is 2. The Morgan fingerprint density at radius 2 is 1.17 bits per heavy atom. The van der Waals surface area contributed by atoms with Crippen molar-refractivity contribution < 1.29 is 28.7 Å². The second-order valence-corrected chi connectivity index (χ2v) is 7.10. The van der Waals surface area contributed by atoms with Gasteiger partial charge in [-0.15, -0.1) is 0 Å². The molecule has 0 N–H and O–H groups in total. The number of para-hydroxylation sites is 2. The zero-order chi connectivity index (χ0) is 21.1. The average Bonchev–Trinajstić information content (AvgIpc) is 2.78. The smallest absolute Gasteiger partial charge is 0.444 e. The van der Waals surface area contributed by atoms with E-state index < -0.39 is 11.9 Å². The molecule has 2 aromatic rings. The largest absolute Gasteiger partial charge is 0.494 e. The van der Waals surface area contributed by atoms with Gasteiger partial charge < -0.3 is 19.1 Å². The highest BCUT2D eigenvalue weighted by Gasteiger charge is 2.31. The molecule has 158 valence electrons. The van der Waals surface area contributed by atoms with Crippen molar-refractivity contribution in [2.45, 2.75) is 25.7 Å². The van der Waals surface area contributed by atoms with Crippen molar-refractivity contribution in [2.24, 2.45) is 0 Å². The number of aryl methyl sites for hydroxylation is 2. The first-order valence-electron chi connectivity index (χ1n) is 9.93. The molecule has 0 fully saturated rings. The fourth-order valence-electron chi connectivity index (χ4n) is 3.94. The van der Waals surface area contributed by atoms with Crippen LogP contribution in [0, 0.1) is 0 Å². The molecule has 0 atom stereocenters. The summed E-state index contributed by atoms with van der Waals surface area (Å²) >= 11 is 0. The molecule has 0 amide bonds. The summed E-state index contributed by atoms with van der Waals surface area (Å²) in [5, 5.41) is 2.82. The summed E-state index contributed by atoms with van der Waals surface area (Å²) in [5.41, 5.74) is 3.32. The minimum atomic E-state index is -1.09. The number of fused-ring (bicyclic) bond motifs is 2. The van der Waals surface area contributed by atoms with Crippen molar-refractivity contribution >= 4 is 23.3 Å². The number of hydrogen-bond acceptors (Lipinski definition) is 8. The standard InChI is InChI=1S/C22H24N2O6/c1-27-17-11-3-7-15-9-5-13-23(19(15)17)29-21(25)22(26)30-24-14-6-10-16-8-4-12-18(28-2)20(16)24/h3-4,7-8,11-12H,5-6,9-10,13-14H2,1-2H3. The Bertz CT molecular complexity index is 855. The van der Waals surface area contributed by atoms with Gasteiger partial charge in [-0.1, -0.05) is 24.3 Å². The number of carbonyl (C=O) groups is 2. The predicted octanol–water partition coefficient (Wildman–Crippen LogP) is 2.83. The molecule has 0 aromatic heterocycles. The Morgan fingerprint density at radius 1 is 0.733 bits per heavy atom. The summed E-state index contributed by atoms with van der Waals surface area (Å²) in [6, 6.07) is 11.3. The number of rotatable bonds is 4. The van der Waals surface area contributed by atoms with Crippen LogP contribution in [0.25, 0.3) is 0 Å². The molecule has 0 bridgehead atoms. The number of methoxy groups -OCH3 is 2. The van der Waals surface area contributed by atoms with Crippen LogP contribution in [-0.2, 0) is 32.1 Å². The van der Waals surface area contributed by atoms with E-state index in [0.29, 0.717) is 36.0 Å². The number of anilines is 2. The second kappa shape index (κ2) is 8.52. The Morgan fingerprint density at radius 3 is 1.57 bits per heavy atom. The fraction of sp³-hybridized carbons (Fsp3) is 0.364. The third kappa shape index (κ3) is 3.72. The molecule has 2 aromatic carbocycles. The third-order valence-corrected chi connectivity index (χ3v) is 5.27. The molecule has 0 radical (unpaired) electrons. The Kier molecular flexibility index (Phi) is 5.65. The molecular weight excluding hydrogens is 388 g/mol. The molecule has 2 aliphatic heterocycles. The van der Waals surface area contributed by atoms with Gasteiger partial charge in [0.25, 0.3) is 0 Å². The molecule has 2 aliphatic rings. The van der Waals surface area contributed by atoms with Crippen LogP contribution >= 0.6 is 0 Å². The van der Waals surface area contributed by atoms with Crippen LogP contribution in [-0.4, -0.2) is 39.2 Å². The van der Waals surface area contributed by atoms with Gasteiger partial charge in [0.05, 0.1) is 27.3 Å². The number of hydrogen-bond donors (Lipinski definition) is 0. The minimum Gasteiger partial charge on any atom is -0.494 e. The lowest BCUT2D eigenvalue weighted by molar-refractivity contribution is -0.169. The summed E-state index contributed by atoms with van der Waals surface area (Å²) in [5.74, 6) is -1.00. The fourth-order valence-corrected chi connectivity index (χ4v) is 3.94. The predicted molar refractivity (Wildman–Crippen MR) is 110 cm³/mol. The molecular formula is C22H24N2O6. The number of nitrogens with zero attached hydrogens (tertiary/aromatic N) is 2. The highest BCUT2D eigenvalue weighted by atomic mass is 16.8. The van der Waals surface area contributed by atoms with E-state index in [4.69, 9.17) is 19.1 Å². The summed E-state index contributed by atoms with van der Waals surface area (Å²) in [6.07, 6.45) is 3.27. The average molecular weight is 412 g/mol. The molecule has 4 rings (SSSR count). The first-order valence-corrected chi connectivity index (χ1v) is 9.93. The van der Waals surface area contributed by atoms with Gasteiger partial charge in [0.1, 0.15) is 22.9 Å². The molecule has 0 saturated carbocycles. The maximum atomic E-state index is 12.5. The van der Waals surface area contributed by atoms with Gasteiger partial charge in [-0.3, -0.25) is 0 Å². The topological polar surface area (TPSA) is 77.5 Å². The van der Waals surface area contributed by atoms with Crippen molar-refractivity contribution in [2.75, 3.05) is 37.4 Å². The van der Waals surface area contributed by atoms with Gasteiger partial charge in [-0.2, -0.15) is 0 Å². The van der Waals surface area contributed by atoms with Gasteiger partial charge in [-0.05, 0) is 48.9 Å².